The van der Waals surface area contributed by atoms with Gasteiger partial charge >= 0.3 is 5.97 Å². The summed E-state index contributed by atoms with van der Waals surface area (Å²) in [6, 6.07) is 3.14. The van der Waals surface area contributed by atoms with E-state index >= 15 is 0 Å². The predicted molar refractivity (Wildman–Crippen MR) is 50.0 cm³/mol. The molecule has 1 aliphatic rings. The molecule has 0 aliphatic heterocycles. The first-order chi connectivity index (χ1) is 6.66. The third-order valence-electron chi connectivity index (χ3n) is 2.27. The SMILES string of the molecule is Cc1ccc(C(NC2CC2)C(=O)O)o1. The summed E-state index contributed by atoms with van der Waals surface area (Å²) in [5.41, 5.74) is 0. The van der Waals surface area contributed by atoms with Gasteiger partial charge in [0, 0.05) is 6.04 Å². The number of nitrogens with one attached hydrogen (secondary N) is 1. The predicted octanol–water partition coefficient (Wildman–Crippen LogP) is 1.47. The first kappa shape index (κ1) is 9.27. The molecule has 4 heteroatoms. The van der Waals surface area contributed by atoms with Gasteiger partial charge in [-0.05, 0) is 31.9 Å². The molecule has 1 heterocycles. The van der Waals surface area contributed by atoms with Crippen molar-refractivity contribution in [2.24, 2.45) is 0 Å². The quantitative estimate of drug-likeness (QED) is 0.763. The minimum Gasteiger partial charge on any atom is -0.480 e. The van der Waals surface area contributed by atoms with Gasteiger partial charge in [-0.25, -0.2) is 0 Å². The summed E-state index contributed by atoms with van der Waals surface area (Å²) < 4.78 is 5.29. The van der Waals surface area contributed by atoms with Crippen LogP contribution >= 0.6 is 0 Å². The van der Waals surface area contributed by atoms with Crippen LogP contribution in [0.25, 0.3) is 0 Å². The molecule has 1 fully saturated rings. The third kappa shape index (κ3) is 1.96. The molecule has 0 bridgehead atoms. The molecule has 0 radical (unpaired) electrons. The van der Waals surface area contributed by atoms with E-state index in [-0.39, 0.29) is 0 Å². The molecule has 0 spiro atoms. The van der Waals surface area contributed by atoms with Gasteiger partial charge in [-0.15, -0.1) is 0 Å². The van der Waals surface area contributed by atoms with Crippen molar-refractivity contribution < 1.29 is 14.3 Å². The summed E-state index contributed by atoms with van der Waals surface area (Å²) in [5, 5.41) is 12.0. The van der Waals surface area contributed by atoms with E-state index in [9.17, 15) is 4.79 Å². The lowest BCUT2D eigenvalue weighted by molar-refractivity contribution is -0.140. The molecule has 1 saturated carbocycles. The molecule has 1 atom stereocenters. The van der Waals surface area contributed by atoms with Crippen LogP contribution in [0.4, 0.5) is 0 Å². The highest BCUT2D eigenvalue weighted by Gasteiger charge is 2.30. The summed E-state index contributed by atoms with van der Waals surface area (Å²) in [4.78, 5) is 10.9. The molecule has 14 heavy (non-hydrogen) atoms. The van der Waals surface area contributed by atoms with E-state index in [0.29, 0.717) is 11.8 Å². The van der Waals surface area contributed by atoms with Crippen LogP contribution in [0.15, 0.2) is 16.5 Å². The molecule has 2 N–H and O–H groups in total. The molecule has 1 aromatic heterocycles. The lowest BCUT2D eigenvalue weighted by Gasteiger charge is -2.10. The second-order valence-electron chi connectivity index (χ2n) is 3.66. The van der Waals surface area contributed by atoms with Gasteiger partial charge in [-0.1, -0.05) is 0 Å². The summed E-state index contributed by atoms with van der Waals surface area (Å²) in [6.07, 6.45) is 2.12. The number of carboxylic acid groups (broad SMARTS) is 1. The minimum atomic E-state index is -0.883. The van der Waals surface area contributed by atoms with Crippen LogP contribution in [0.3, 0.4) is 0 Å². The van der Waals surface area contributed by atoms with Crippen LogP contribution in [-0.4, -0.2) is 17.1 Å². The molecule has 0 aromatic carbocycles. The van der Waals surface area contributed by atoms with Gasteiger partial charge < -0.3 is 9.52 Å². The molecule has 1 unspecified atom stereocenters. The average Bonchev–Trinajstić information content (AvgIpc) is 2.84. The van der Waals surface area contributed by atoms with Crippen molar-refractivity contribution in [3.63, 3.8) is 0 Å². The summed E-state index contributed by atoms with van der Waals surface area (Å²) >= 11 is 0. The van der Waals surface area contributed by atoms with Gasteiger partial charge in [0.1, 0.15) is 11.5 Å². The largest absolute Gasteiger partial charge is 0.480 e. The smallest absolute Gasteiger partial charge is 0.328 e. The van der Waals surface area contributed by atoms with E-state index in [4.69, 9.17) is 9.52 Å². The molecule has 0 saturated heterocycles. The second-order valence-corrected chi connectivity index (χ2v) is 3.66. The topological polar surface area (TPSA) is 62.5 Å². The van der Waals surface area contributed by atoms with Gasteiger partial charge in [-0.2, -0.15) is 0 Å². The lowest BCUT2D eigenvalue weighted by atomic mass is 10.2. The molecule has 1 aromatic rings. The highest BCUT2D eigenvalue weighted by molar-refractivity contribution is 5.74. The second kappa shape index (κ2) is 3.46. The number of furan rings is 1. The van der Waals surface area contributed by atoms with Crippen molar-refractivity contribution in [1.29, 1.82) is 0 Å². The van der Waals surface area contributed by atoms with E-state index in [2.05, 4.69) is 5.32 Å². The molecule has 2 rings (SSSR count). The third-order valence-corrected chi connectivity index (χ3v) is 2.27. The molecule has 1 aliphatic carbocycles. The number of aryl methyl sites for hydroxylation is 1. The van der Waals surface area contributed by atoms with Crippen molar-refractivity contribution in [2.45, 2.75) is 31.8 Å². The van der Waals surface area contributed by atoms with Crippen LogP contribution in [0.1, 0.15) is 30.4 Å². The Bertz CT molecular complexity index is 341. The highest BCUT2D eigenvalue weighted by atomic mass is 16.4. The molecule has 0 amide bonds. The fraction of sp³-hybridized carbons (Fsp3) is 0.500. The maximum atomic E-state index is 10.9. The van der Waals surface area contributed by atoms with Crippen LogP contribution in [-0.2, 0) is 4.79 Å². The normalized spacial score (nSPS) is 18.1. The number of hydrogen-bond donors (Lipinski definition) is 2. The molecule has 4 nitrogen and oxygen atoms in total. The van der Waals surface area contributed by atoms with Crippen LogP contribution in [0.2, 0.25) is 0 Å². The zero-order chi connectivity index (χ0) is 10.1. The Labute approximate surface area is 81.9 Å². The Hall–Kier alpha value is -1.29. The first-order valence-corrected chi connectivity index (χ1v) is 4.72. The van der Waals surface area contributed by atoms with Crippen molar-refractivity contribution in [2.75, 3.05) is 0 Å². The number of hydrogen-bond acceptors (Lipinski definition) is 3. The van der Waals surface area contributed by atoms with Crippen LogP contribution in [0.5, 0.6) is 0 Å². The van der Waals surface area contributed by atoms with Crippen molar-refractivity contribution in [1.82, 2.24) is 5.32 Å². The summed E-state index contributed by atoms with van der Waals surface area (Å²) in [6.45, 7) is 1.81. The maximum absolute atomic E-state index is 10.9. The standard InChI is InChI=1S/C10H13NO3/c1-6-2-5-8(14-6)9(10(12)13)11-7-3-4-7/h2,5,7,9,11H,3-4H2,1H3,(H,12,13). The Balaban J connectivity index is 2.12. The Morgan fingerprint density at radius 2 is 2.36 bits per heavy atom. The fourth-order valence-corrected chi connectivity index (χ4v) is 1.37. The monoisotopic (exact) mass is 195 g/mol. The van der Waals surface area contributed by atoms with Crippen LogP contribution < -0.4 is 5.32 Å². The zero-order valence-electron chi connectivity index (χ0n) is 7.99. The van der Waals surface area contributed by atoms with E-state index in [1.807, 2.05) is 0 Å². The first-order valence-electron chi connectivity index (χ1n) is 4.72. The van der Waals surface area contributed by atoms with Gasteiger partial charge in [0.2, 0.25) is 0 Å². The lowest BCUT2D eigenvalue weighted by Crippen LogP contribution is -2.29. The fourth-order valence-electron chi connectivity index (χ4n) is 1.37. The number of rotatable bonds is 4. The number of aliphatic carboxylic acids is 1. The van der Waals surface area contributed by atoms with Gasteiger partial charge in [0.15, 0.2) is 6.04 Å². The molecule has 76 valence electrons. The Morgan fingerprint density at radius 1 is 1.64 bits per heavy atom. The zero-order valence-corrected chi connectivity index (χ0v) is 7.99. The van der Waals surface area contributed by atoms with E-state index in [0.717, 1.165) is 18.6 Å². The summed E-state index contributed by atoms with van der Waals surface area (Å²) in [7, 11) is 0. The van der Waals surface area contributed by atoms with E-state index < -0.39 is 12.0 Å². The molecular formula is C10H13NO3. The highest BCUT2D eigenvalue weighted by Crippen LogP contribution is 2.25. The summed E-state index contributed by atoms with van der Waals surface area (Å²) in [5.74, 6) is 0.344. The van der Waals surface area contributed by atoms with Gasteiger partial charge in [0.05, 0.1) is 0 Å². The molecular weight excluding hydrogens is 182 g/mol. The van der Waals surface area contributed by atoms with Gasteiger partial charge in [-0.3, -0.25) is 10.1 Å². The van der Waals surface area contributed by atoms with Crippen molar-refractivity contribution in [3.05, 3.63) is 23.7 Å². The Kier molecular flexibility index (Phi) is 2.29. The van der Waals surface area contributed by atoms with Crippen LogP contribution in [0, 0.1) is 6.92 Å². The Morgan fingerprint density at radius 3 is 2.79 bits per heavy atom. The number of carbonyl (C=O) groups is 1. The number of carboxylic acids is 1. The van der Waals surface area contributed by atoms with Crippen molar-refractivity contribution >= 4 is 5.97 Å². The minimum absolute atomic E-state index is 0.349. The average molecular weight is 195 g/mol. The van der Waals surface area contributed by atoms with E-state index in [1.54, 1.807) is 19.1 Å². The maximum Gasteiger partial charge on any atom is 0.328 e. The van der Waals surface area contributed by atoms with E-state index in [1.165, 1.54) is 0 Å². The van der Waals surface area contributed by atoms with Crippen molar-refractivity contribution in [3.8, 4) is 0 Å². The van der Waals surface area contributed by atoms with Gasteiger partial charge in [0.25, 0.3) is 0 Å².